The van der Waals surface area contributed by atoms with Crippen molar-refractivity contribution in [1.29, 1.82) is 0 Å². The predicted molar refractivity (Wildman–Crippen MR) is 89.3 cm³/mol. The minimum absolute atomic E-state index is 0.0226. The number of rotatable bonds is 3. The molecule has 2 aromatic rings. The number of likely N-dealkylation sites (tertiary alicyclic amines) is 1. The smallest absolute Gasteiger partial charge is 0.255 e. The lowest BCUT2D eigenvalue weighted by Gasteiger charge is -2.17. The van der Waals surface area contributed by atoms with E-state index in [2.05, 4.69) is 0 Å². The van der Waals surface area contributed by atoms with Crippen molar-refractivity contribution in [3.8, 4) is 0 Å². The van der Waals surface area contributed by atoms with Crippen LogP contribution in [0.5, 0.6) is 0 Å². The maximum Gasteiger partial charge on any atom is 0.255 e. The molecule has 4 nitrogen and oxygen atoms in total. The molecule has 1 saturated heterocycles. The third-order valence-corrected chi connectivity index (χ3v) is 6.61. The monoisotopic (exact) mass is 367 g/mol. The summed E-state index contributed by atoms with van der Waals surface area (Å²) in [7, 11) is -3.49. The third kappa shape index (κ3) is 3.16. The van der Waals surface area contributed by atoms with Gasteiger partial charge in [0.1, 0.15) is 5.82 Å². The molecule has 0 spiro atoms. The number of benzene rings is 2. The summed E-state index contributed by atoms with van der Waals surface area (Å²) in [6.07, 6.45) is 0.363. The van der Waals surface area contributed by atoms with Crippen LogP contribution in [0.25, 0.3) is 0 Å². The fraction of sp³-hybridized carbons (Fsp3) is 0.235. The largest absolute Gasteiger partial charge is 0.337 e. The summed E-state index contributed by atoms with van der Waals surface area (Å²) in [5.74, 6) is -0.909. The number of amides is 1. The molecular weight excluding hydrogens is 353 g/mol. The minimum Gasteiger partial charge on any atom is -0.337 e. The Morgan fingerprint density at radius 1 is 1.17 bits per heavy atom. The first-order chi connectivity index (χ1) is 11.4. The van der Waals surface area contributed by atoms with E-state index in [0.29, 0.717) is 13.0 Å². The van der Waals surface area contributed by atoms with Crippen LogP contribution in [0.4, 0.5) is 4.39 Å². The van der Waals surface area contributed by atoms with Gasteiger partial charge < -0.3 is 4.90 Å². The molecule has 24 heavy (non-hydrogen) atoms. The standard InChI is InChI=1S/C17H15ClFNO3S/c18-16-10-12(19)6-7-15(16)17(21)20-9-8-14(11-20)24(22,23)13-4-2-1-3-5-13/h1-7,10,14H,8-9,11H2. The first kappa shape index (κ1) is 16.9. The molecule has 3 rings (SSSR count). The molecule has 0 N–H and O–H groups in total. The highest BCUT2D eigenvalue weighted by molar-refractivity contribution is 7.92. The second-order valence-corrected chi connectivity index (χ2v) is 8.28. The normalized spacial score (nSPS) is 17.9. The number of nitrogens with zero attached hydrogens (tertiary/aromatic N) is 1. The molecule has 1 aliphatic heterocycles. The number of hydrogen-bond acceptors (Lipinski definition) is 3. The average molecular weight is 368 g/mol. The molecule has 126 valence electrons. The maximum absolute atomic E-state index is 13.1. The Morgan fingerprint density at radius 3 is 2.54 bits per heavy atom. The molecule has 7 heteroatoms. The van der Waals surface area contributed by atoms with Gasteiger partial charge in [-0.2, -0.15) is 0 Å². The van der Waals surface area contributed by atoms with Crippen molar-refractivity contribution in [2.45, 2.75) is 16.6 Å². The van der Waals surface area contributed by atoms with Crippen LogP contribution in [0, 0.1) is 5.82 Å². The molecule has 1 unspecified atom stereocenters. The van der Waals surface area contributed by atoms with E-state index in [1.54, 1.807) is 30.3 Å². The zero-order valence-electron chi connectivity index (χ0n) is 12.7. The van der Waals surface area contributed by atoms with Crippen molar-refractivity contribution in [3.05, 3.63) is 64.9 Å². The van der Waals surface area contributed by atoms with E-state index in [0.717, 1.165) is 12.1 Å². The maximum atomic E-state index is 13.1. The molecule has 1 amide bonds. The molecule has 0 radical (unpaired) electrons. The fourth-order valence-electron chi connectivity index (χ4n) is 2.80. The lowest BCUT2D eigenvalue weighted by atomic mass is 10.2. The Labute approximate surface area is 144 Å². The summed E-state index contributed by atoms with van der Waals surface area (Å²) in [5, 5.41) is -0.627. The number of halogens is 2. The van der Waals surface area contributed by atoms with Crippen molar-refractivity contribution >= 4 is 27.3 Å². The molecule has 0 bridgehead atoms. The van der Waals surface area contributed by atoms with Gasteiger partial charge in [0, 0.05) is 13.1 Å². The second kappa shape index (κ2) is 6.53. The van der Waals surface area contributed by atoms with Gasteiger partial charge in [-0.3, -0.25) is 4.79 Å². The van der Waals surface area contributed by atoms with Gasteiger partial charge in [-0.05, 0) is 36.8 Å². The van der Waals surface area contributed by atoms with Crippen LogP contribution >= 0.6 is 11.6 Å². The highest BCUT2D eigenvalue weighted by Gasteiger charge is 2.36. The van der Waals surface area contributed by atoms with Crippen LogP contribution in [0.2, 0.25) is 5.02 Å². The lowest BCUT2D eigenvalue weighted by molar-refractivity contribution is 0.0793. The third-order valence-electron chi connectivity index (χ3n) is 4.10. The Kier molecular flexibility index (Phi) is 4.60. The summed E-state index contributed by atoms with van der Waals surface area (Å²) in [6.45, 7) is 0.424. The van der Waals surface area contributed by atoms with Crippen molar-refractivity contribution < 1.29 is 17.6 Å². The van der Waals surface area contributed by atoms with Gasteiger partial charge in [-0.25, -0.2) is 12.8 Å². The summed E-state index contributed by atoms with van der Waals surface area (Å²) in [4.78, 5) is 14.2. The zero-order valence-corrected chi connectivity index (χ0v) is 14.2. The van der Waals surface area contributed by atoms with E-state index < -0.39 is 20.9 Å². The predicted octanol–water partition coefficient (Wildman–Crippen LogP) is 3.17. The van der Waals surface area contributed by atoms with Gasteiger partial charge in [-0.15, -0.1) is 0 Å². The van der Waals surface area contributed by atoms with E-state index in [1.165, 1.54) is 11.0 Å². The van der Waals surface area contributed by atoms with E-state index in [4.69, 9.17) is 11.6 Å². The SMILES string of the molecule is O=C(c1ccc(F)cc1Cl)N1CCC(S(=O)(=O)c2ccccc2)C1. The molecule has 0 aliphatic carbocycles. The van der Waals surface area contributed by atoms with Crippen molar-refractivity contribution in [2.75, 3.05) is 13.1 Å². The van der Waals surface area contributed by atoms with Crippen LogP contribution in [-0.4, -0.2) is 37.6 Å². The number of sulfone groups is 1. The summed E-state index contributed by atoms with van der Waals surface area (Å²) in [6, 6.07) is 11.7. The van der Waals surface area contributed by atoms with Crippen LogP contribution in [0.15, 0.2) is 53.4 Å². The molecule has 1 fully saturated rings. The van der Waals surface area contributed by atoms with Gasteiger partial charge in [0.25, 0.3) is 5.91 Å². The van der Waals surface area contributed by atoms with Gasteiger partial charge in [-0.1, -0.05) is 29.8 Å². The Bertz CT molecular complexity index is 871. The van der Waals surface area contributed by atoms with Gasteiger partial charge in [0.2, 0.25) is 0 Å². The first-order valence-corrected chi connectivity index (χ1v) is 9.35. The van der Waals surface area contributed by atoms with Gasteiger partial charge >= 0.3 is 0 Å². The average Bonchev–Trinajstić information content (AvgIpc) is 3.06. The number of hydrogen-bond donors (Lipinski definition) is 0. The zero-order chi connectivity index (χ0) is 17.3. The van der Waals surface area contributed by atoms with Crippen LogP contribution in [0.1, 0.15) is 16.8 Å². The van der Waals surface area contributed by atoms with Crippen molar-refractivity contribution in [3.63, 3.8) is 0 Å². The quantitative estimate of drug-likeness (QED) is 0.837. The fourth-order valence-corrected chi connectivity index (χ4v) is 4.76. The molecule has 0 aromatic heterocycles. The van der Waals surface area contributed by atoms with Crippen molar-refractivity contribution in [2.24, 2.45) is 0 Å². The second-order valence-electron chi connectivity index (χ2n) is 5.64. The molecule has 1 heterocycles. The highest BCUT2D eigenvalue weighted by Crippen LogP contribution is 2.26. The Morgan fingerprint density at radius 2 is 1.88 bits per heavy atom. The molecular formula is C17H15ClFNO3S. The Balaban J connectivity index is 1.79. The van der Waals surface area contributed by atoms with E-state index >= 15 is 0 Å². The highest BCUT2D eigenvalue weighted by atomic mass is 35.5. The Hall–Kier alpha value is -1.92. The van der Waals surface area contributed by atoms with Crippen LogP contribution in [0.3, 0.4) is 0 Å². The van der Waals surface area contributed by atoms with Crippen LogP contribution in [-0.2, 0) is 9.84 Å². The molecule has 1 aliphatic rings. The first-order valence-electron chi connectivity index (χ1n) is 7.43. The molecule has 1 atom stereocenters. The number of carbonyl (C=O) groups is 1. The van der Waals surface area contributed by atoms with E-state index in [-0.39, 0.29) is 27.9 Å². The summed E-state index contributed by atoms with van der Waals surface area (Å²) >= 11 is 5.92. The van der Waals surface area contributed by atoms with Gasteiger partial charge in [0.05, 0.1) is 20.7 Å². The minimum atomic E-state index is -3.49. The molecule has 2 aromatic carbocycles. The van der Waals surface area contributed by atoms with E-state index in [9.17, 15) is 17.6 Å². The lowest BCUT2D eigenvalue weighted by Crippen LogP contribution is -2.32. The number of carbonyl (C=O) groups excluding carboxylic acids is 1. The topological polar surface area (TPSA) is 54.5 Å². The molecule has 0 saturated carbocycles. The summed E-state index contributed by atoms with van der Waals surface area (Å²) < 4.78 is 38.4. The van der Waals surface area contributed by atoms with Crippen molar-refractivity contribution in [1.82, 2.24) is 4.90 Å². The summed E-state index contributed by atoms with van der Waals surface area (Å²) in [5.41, 5.74) is 0.177. The van der Waals surface area contributed by atoms with E-state index in [1.807, 2.05) is 0 Å². The van der Waals surface area contributed by atoms with Crippen LogP contribution < -0.4 is 0 Å². The van der Waals surface area contributed by atoms with Gasteiger partial charge in [0.15, 0.2) is 9.84 Å².